The molecule has 4 atom stereocenters. The minimum absolute atomic E-state index is 0.396. The highest BCUT2D eigenvalue weighted by atomic mass is 15.3. The minimum Gasteiger partial charge on any atom is -0.326 e. The molecule has 2 fully saturated rings. The standard InChI is InChI=1S/C15H31N3/c1-12-10-18(11-13(2)17(12)3)15-9-7-5-4-6-8-14(15)16/h12-15H,4-11,16H2,1-3H3. The molecule has 0 aromatic rings. The van der Waals surface area contributed by atoms with Gasteiger partial charge in [0.2, 0.25) is 0 Å². The fourth-order valence-electron chi connectivity index (χ4n) is 3.66. The molecule has 106 valence electrons. The highest BCUT2D eigenvalue weighted by Crippen LogP contribution is 2.24. The molecule has 0 bridgehead atoms. The first kappa shape index (κ1) is 14.3. The molecule has 1 aliphatic heterocycles. The van der Waals surface area contributed by atoms with Gasteiger partial charge >= 0.3 is 0 Å². The van der Waals surface area contributed by atoms with Gasteiger partial charge in [-0.3, -0.25) is 9.80 Å². The van der Waals surface area contributed by atoms with Crippen LogP contribution in [-0.4, -0.2) is 54.1 Å². The molecule has 0 spiro atoms. The minimum atomic E-state index is 0.396. The lowest BCUT2D eigenvalue weighted by Crippen LogP contribution is -2.60. The van der Waals surface area contributed by atoms with E-state index in [4.69, 9.17) is 5.73 Å². The molecule has 0 amide bonds. The third-order valence-corrected chi connectivity index (χ3v) is 5.14. The number of piperazine rings is 1. The van der Waals surface area contributed by atoms with E-state index in [0.29, 0.717) is 24.2 Å². The Kier molecular flexibility index (Phi) is 5.05. The molecule has 1 saturated carbocycles. The summed E-state index contributed by atoms with van der Waals surface area (Å²) in [5.74, 6) is 0. The largest absolute Gasteiger partial charge is 0.326 e. The summed E-state index contributed by atoms with van der Waals surface area (Å²) in [5.41, 5.74) is 6.45. The van der Waals surface area contributed by atoms with Crippen LogP contribution in [0.3, 0.4) is 0 Å². The van der Waals surface area contributed by atoms with E-state index in [2.05, 4.69) is 30.7 Å². The van der Waals surface area contributed by atoms with Crippen LogP contribution in [0.25, 0.3) is 0 Å². The van der Waals surface area contributed by atoms with Crippen molar-refractivity contribution in [3.63, 3.8) is 0 Å². The maximum Gasteiger partial charge on any atom is 0.0248 e. The van der Waals surface area contributed by atoms with Crippen LogP contribution < -0.4 is 5.73 Å². The van der Waals surface area contributed by atoms with Crippen LogP contribution in [-0.2, 0) is 0 Å². The quantitative estimate of drug-likeness (QED) is 0.776. The average Bonchev–Trinajstić information content (AvgIpc) is 2.31. The van der Waals surface area contributed by atoms with Crippen molar-refractivity contribution in [1.82, 2.24) is 9.80 Å². The van der Waals surface area contributed by atoms with Crippen LogP contribution in [0.15, 0.2) is 0 Å². The fourth-order valence-corrected chi connectivity index (χ4v) is 3.66. The van der Waals surface area contributed by atoms with Gasteiger partial charge in [-0.05, 0) is 33.7 Å². The Morgan fingerprint density at radius 1 is 0.889 bits per heavy atom. The van der Waals surface area contributed by atoms with Gasteiger partial charge in [-0.25, -0.2) is 0 Å². The number of nitrogens with two attached hydrogens (primary N) is 1. The Morgan fingerprint density at radius 3 is 2.06 bits per heavy atom. The maximum atomic E-state index is 6.45. The lowest BCUT2D eigenvalue weighted by atomic mass is 9.90. The predicted molar refractivity (Wildman–Crippen MR) is 77.7 cm³/mol. The number of rotatable bonds is 1. The van der Waals surface area contributed by atoms with Crippen molar-refractivity contribution >= 4 is 0 Å². The van der Waals surface area contributed by atoms with Crippen molar-refractivity contribution in [2.24, 2.45) is 5.73 Å². The third kappa shape index (κ3) is 3.25. The average molecular weight is 253 g/mol. The van der Waals surface area contributed by atoms with Gasteiger partial charge in [-0.15, -0.1) is 0 Å². The van der Waals surface area contributed by atoms with Gasteiger partial charge < -0.3 is 5.73 Å². The van der Waals surface area contributed by atoms with Crippen molar-refractivity contribution in [2.75, 3.05) is 20.1 Å². The van der Waals surface area contributed by atoms with E-state index in [1.807, 2.05) is 0 Å². The Bertz CT molecular complexity index is 244. The van der Waals surface area contributed by atoms with Crippen molar-refractivity contribution in [2.45, 2.75) is 76.5 Å². The maximum absolute atomic E-state index is 6.45. The fraction of sp³-hybridized carbons (Fsp3) is 1.00. The summed E-state index contributed by atoms with van der Waals surface area (Å²) in [6.45, 7) is 7.08. The van der Waals surface area contributed by atoms with Gasteiger partial charge in [-0.2, -0.15) is 0 Å². The summed E-state index contributed by atoms with van der Waals surface area (Å²) in [4.78, 5) is 5.19. The number of hydrogen-bond acceptors (Lipinski definition) is 3. The van der Waals surface area contributed by atoms with Gasteiger partial charge in [0.1, 0.15) is 0 Å². The van der Waals surface area contributed by atoms with Gasteiger partial charge in [0.15, 0.2) is 0 Å². The highest BCUT2D eigenvalue weighted by molar-refractivity contribution is 4.91. The Hall–Kier alpha value is -0.120. The third-order valence-electron chi connectivity index (χ3n) is 5.14. The molecule has 2 aliphatic rings. The zero-order valence-electron chi connectivity index (χ0n) is 12.4. The molecule has 1 saturated heterocycles. The van der Waals surface area contributed by atoms with E-state index in [0.717, 1.165) is 0 Å². The summed E-state index contributed by atoms with van der Waals surface area (Å²) in [6.07, 6.45) is 8.02. The van der Waals surface area contributed by atoms with Crippen molar-refractivity contribution in [1.29, 1.82) is 0 Å². The van der Waals surface area contributed by atoms with E-state index < -0.39 is 0 Å². The predicted octanol–water partition coefficient (Wildman–Crippen LogP) is 2.06. The second-order valence-electron chi connectivity index (χ2n) is 6.54. The van der Waals surface area contributed by atoms with E-state index in [1.165, 1.54) is 51.6 Å². The van der Waals surface area contributed by atoms with Gasteiger partial charge in [0, 0.05) is 37.3 Å². The molecular formula is C15H31N3. The second-order valence-corrected chi connectivity index (χ2v) is 6.54. The number of nitrogens with zero attached hydrogens (tertiary/aromatic N) is 2. The molecule has 2 N–H and O–H groups in total. The molecule has 2 rings (SSSR count). The zero-order chi connectivity index (χ0) is 13.1. The van der Waals surface area contributed by atoms with Crippen LogP contribution >= 0.6 is 0 Å². The van der Waals surface area contributed by atoms with Crippen LogP contribution in [0.4, 0.5) is 0 Å². The molecule has 0 aromatic heterocycles. The van der Waals surface area contributed by atoms with Crippen molar-refractivity contribution in [3.8, 4) is 0 Å². The Balaban J connectivity index is 1.99. The summed E-state index contributed by atoms with van der Waals surface area (Å²) < 4.78 is 0. The molecule has 3 nitrogen and oxygen atoms in total. The molecule has 4 unspecified atom stereocenters. The van der Waals surface area contributed by atoms with Crippen LogP contribution in [0.1, 0.15) is 52.4 Å². The zero-order valence-corrected chi connectivity index (χ0v) is 12.4. The first-order chi connectivity index (χ1) is 8.59. The van der Waals surface area contributed by atoms with Crippen LogP contribution in [0, 0.1) is 0 Å². The summed E-state index contributed by atoms with van der Waals surface area (Å²) in [5, 5.41) is 0. The Labute approximate surface area is 113 Å². The molecule has 0 radical (unpaired) electrons. The van der Waals surface area contributed by atoms with Gasteiger partial charge in [0.25, 0.3) is 0 Å². The number of hydrogen-bond donors (Lipinski definition) is 1. The first-order valence-corrected chi connectivity index (χ1v) is 7.81. The Morgan fingerprint density at radius 2 is 1.44 bits per heavy atom. The summed E-state index contributed by atoms with van der Waals surface area (Å²) in [6, 6.07) is 2.34. The second kappa shape index (κ2) is 6.36. The monoisotopic (exact) mass is 253 g/mol. The number of likely N-dealkylation sites (N-methyl/N-ethyl adjacent to an activating group) is 1. The van der Waals surface area contributed by atoms with E-state index in [1.54, 1.807) is 0 Å². The van der Waals surface area contributed by atoms with Gasteiger partial charge in [-0.1, -0.05) is 25.7 Å². The molecule has 1 heterocycles. The van der Waals surface area contributed by atoms with Crippen LogP contribution in [0.2, 0.25) is 0 Å². The van der Waals surface area contributed by atoms with Gasteiger partial charge in [0.05, 0.1) is 0 Å². The molecular weight excluding hydrogens is 222 g/mol. The van der Waals surface area contributed by atoms with E-state index in [9.17, 15) is 0 Å². The van der Waals surface area contributed by atoms with Crippen molar-refractivity contribution in [3.05, 3.63) is 0 Å². The first-order valence-electron chi connectivity index (χ1n) is 7.81. The topological polar surface area (TPSA) is 32.5 Å². The van der Waals surface area contributed by atoms with E-state index >= 15 is 0 Å². The molecule has 0 aromatic carbocycles. The lowest BCUT2D eigenvalue weighted by Gasteiger charge is -2.47. The smallest absolute Gasteiger partial charge is 0.0248 e. The molecule has 18 heavy (non-hydrogen) atoms. The summed E-state index contributed by atoms with van der Waals surface area (Å²) in [7, 11) is 2.25. The molecule has 1 aliphatic carbocycles. The summed E-state index contributed by atoms with van der Waals surface area (Å²) >= 11 is 0. The normalized spacial score (nSPS) is 41.3. The molecule has 3 heteroatoms. The van der Waals surface area contributed by atoms with Crippen molar-refractivity contribution < 1.29 is 0 Å². The SMILES string of the molecule is CC1CN(C2CCCCCCC2N)CC(C)N1C. The van der Waals surface area contributed by atoms with E-state index in [-0.39, 0.29) is 0 Å². The van der Waals surface area contributed by atoms with Crippen LogP contribution in [0.5, 0.6) is 0 Å². The lowest BCUT2D eigenvalue weighted by molar-refractivity contribution is 0.0209. The highest BCUT2D eigenvalue weighted by Gasteiger charge is 2.33.